The van der Waals surface area contributed by atoms with Crippen molar-refractivity contribution in [2.75, 3.05) is 18.9 Å². The smallest absolute Gasteiger partial charge is 0.268 e. The van der Waals surface area contributed by atoms with Crippen LogP contribution in [0, 0.1) is 0 Å². The Labute approximate surface area is 153 Å². The van der Waals surface area contributed by atoms with Crippen molar-refractivity contribution in [2.24, 2.45) is 0 Å². The van der Waals surface area contributed by atoms with Crippen LogP contribution in [0.15, 0.2) is 40.5 Å². The van der Waals surface area contributed by atoms with Gasteiger partial charge in [-0.15, -0.1) is 11.3 Å². The van der Waals surface area contributed by atoms with Gasteiger partial charge in [0.1, 0.15) is 16.8 Å². The van der Waals surface area contributed by atoms with E-state index in [1.165, 1.54) is 11.3 Å². The van der Waals surface area contributed by atoms with Crippen molar-refractivity contribution < 1.29 is 4.79 Å². The maximum absolute atomic E-state index is 12.0. The van der Waals surface area contributed by atoms with Gasteiger partial charge in [0.15, 0.2) is 0 Å². The lowest BCUT2D eigenvalue weighted by molar-refractivity contribution is -0.111. The van der Waals surface area contributed by atoms with E-state index in [0.29, 0.717) is 34.2 Å². The number of aromatic amines is 1. The number of rotatable bonds is 7. The highest BCUT2D eigenvalue weighted by molar-refractivity contribution is 7.17. The van der Waals surface area contributed by atoms with Gasteiger partial charge in [0, 0.05) is 6.54 Å². The molecular formula is C17H17ClN4O2S. The number of nitrogens with one attached hydrogen (secondary N) is 2. The fourth-order valence-corrected chi connectivity index (χ4v) is 3.41. The third-order valence-corrected chi connectivity index (χ3v) is 5.09. The largest absolute Gasteiger partial charge is 0.382 e. The van der Waals surface area contributed by atoms with E-state index in [1.54, 1.807) is 6.07 Å². The molecule has 0 bridgehead atoms. The lowest BCUT2D eigenvalue weighted by Gasteiger charge is -2.23. The molecule has 0 aliphatic rings. The van der Waals surface area contributed by atoms with Crippen LogP contribution in [-0.2, 0) is 11.3 Å². The first kappa shape index (κ1) is 17.6. The molecule has 2 aromatic heterocycles. The Balaban J connectivity index is 1.69. The van der Waals surface area contributed by atoms with Gasteiger partial charge in [0.25, 0.3) is 5.56 Å². The number of halogens is 1. The Kier molecular flexibility index (Phi) is 5.47. The van der Waals surface area contributed by atoms with E-state index in [4.69, 9.17) is 11.6 Å². The Morgan fingerprint density at radius 3 is 2.96 bits per heavy atom. The highest BCUT2D eigenvalue weighted by Gasteiger charge is 2.16. The molecule has 0 aliphatic carbocycles. The van der Waals surface area contributed by atoms with Crippen molar-refractivity contribution >= 4 is 45.1 Å². The third kappa shape index (κ3) is 4.07. The second-order valence-corrected chi connectivity index (χ2v) is 6.95. The fourth-order valence-electron chi connectivity index (χ4n) is 2.48. The zero-order valence-corrected chi connectivity index (χ0v) is 15.1. The molecule has 1 atom stereocenters. The van der Waals surface area contributed by atoms with Gasteiger partial charge in [-0.3, -0.25) is 9.69 Å². The van der Waals surface area contributed by atoms with Crippen LogP contribution in [0.1, 0.15) is 5.82 Å². The van der Waals surface area contributed by atoms with Gasteiger partial charge >= 0.3 is 0 Å². The number of para-hydroxylation sites is 1. The van der Waals surface area contributed by atoms with E-state index in [2.05, 4.69) is 15.3 Å². The Bertz CT molecular complexity index is 940. The molecule has 0 saturated heterocycles. The van der Waals surface area contributed by atoms with Crippen LogP contribution < -0.4 is 10.9 Å². The van der Waals surface area contributed by atoms with E-state index in [9.17, 15) is 9.59 Å². The van der Waals surface area contributed by atoms with Crippen molar-refractivity contribution in [1.82, 2.24) is 14.9 Å². The van der Waals surface area contributed by atoms with Crippen molar-refractivity contribution in [3.05, 3.63) is 56.9 Å². The molecule has 2 heterocycles. The van der Waals surface area contributed by atoms with Crippen LogP contribution in [0.2, 0.25) is 5.02 Å². The Hall–Kier alpha value is -2.22. The number of hydrogen-bond donors (Lipinski definition) is 2. The summed E-state index contributed by atoms with van der Waals surface area (Å²) >= 11 is 7.47. The molecule has 1 aromatic carbocycles. The molecule has 0 radical (unpaired) electrons. The minimum Gasteiger partial charge on any atom is -0.382 e. The minimum atomic E-state index is -0.389. The number of hydrogen-bond acceptors (Lipinski definition) is 6. The van der Waals surface area contributed by atoms with Gasteiger partial charge in [-0.05, 0) is 30.6 Å². The zero-order chi connectivity index (χ0) is 17.8. The molecule has 3 aromatic rings. The number of aldehydes is 1. The molecule has 130 valence electrons. The fraction of sp³-hybridized carbons (Fsp3) is 0.235. The number of benzene rings is 1. The number of carbonyl (C=O) groups is 1. The maximum Gasteiger partial charge on any atom is 0.268 e. The molecule has 3 rings (SSSR count). The number of anilines is 1. The summed E-state index contributed by atoms with van der Waals surface area (Å²) in [6.07, 6.45) is 0.866. The van der Waals surface area contributed by atoms with Crippen molar-refractivity contribution in [1.29, 1.82) is 0 Å². The predicted octanol–water partition coefficient (Wildman–Crippen LogP) is 2.75. The molecule has 25 heavy (non-hydrogen) atoms. The second-order valence-electron chi connectivity index (χ2n) is 5.63. The lowest BCUT2D eigenvalue weighted by atomic mass is 10.2. The number of thiophene rings is 1. The number of H-pyrrole nitrogens is 1. The summed E-state index contributed by atoms with van der Waals surface area (Å²) in [5.41, 5.74) is 1.30. The number of fused-ring (bicyclic) bond motifs is 1. The van der Waals surface area contributed by atoms with Gasteiger partial charge < -0.3 is 15.1 Å². The monoisotopic (exact) mass is 376 g/mol. The summed E-state index contributed by atoms with van der Waals surface area (Å²) in [5, 5.41) is 5.61. The average molecular weight is 377 g/mol. The van der Waals surface area contributed by atoms with Gasteiger partial charge in [-0.25, -0.2) is 4.98 Å². The van der Waals surface area contributed by atoms with Crippen molar-refractivity contribution in [3.8, 4) is 0 Å². The van der Waals surface area contributed by atoms with E-state index in [0.717, 1.165) is 12.0 Å². The van der Waals surface area contributed by atoms with Crippen molar-refractivity contribution in [2.45, 2.75) is 12.6 Å². The standard InChI is InChI=1S/C17H17ClN4O2S/c1-22(9-15-20-14-6-7-25-16(14)17(24)21-15)11(10-23)8-19-13-5-3-2-4-12(13)18/h2-7,10-11,19H,8-9H2,1H3,(H,20,21,24). The predicted molar refractivity (Wildman–Crippen MR) is 102 cm³/mol. The lowest BCUT2D eigenvalue weighted by Crippen LogP contribution is -2.38. The number of nitrogens with zero attached hydrogens (tertiary/aromatic N) is 2. The third-order valence-electron chi connectivity index (χ3n) is 3.86. The van der Waals surface area contributed by atoms with Crippen LogP contribution >= 0.6 is 22.9 Å². The number of carbonyl (C=O) groups excluding carboxylic acids is 1. The first-order chi connectivity index (χ1) is 12.1. The van der Waals surface area contributed by atoms with Crippen LogP contribution in [0.3, 0.4) is 0 Å². The molecule has 2 N–H and O–H groups in total. The summed E-state index contributed by atoms with van der Waals surface area (Å²) in [5.74, 6) is 0.531. The summed E-state index contributed by atoms with van der Waals surface area (Å²) in [6.45, 7) is 0.753. The first-order valence-corrected chi connectivity index (χ1v) is 8.94. The van der Waals surface area contributed by atoms with Gasteiger partial charge in [-0.1, -0.05) is 23.7 Å². The molecule has 0 amide bonds. The number of likely N-dealkylation sites (N-methyl/N-ethyl adjacent to an activating group) is 1. The van der Waals surface area contributed by atoms with Crippen LogP contribution in [0.25, 0.3) is 10.2 Å². The van der Waals surface area contributed by atoms with E-state index in [1.807, 2.05) is 41.6 Å². The maximum atomic E-state index is 12.0. The van der Waals surface area contributed by atoms with E-state index < -0.39 is 0 Å². The number of aromatic nitrogens is 2. The quantitative estimate of drug-likeness (QED) is 0.620. The van der Waals surface area contributed by atoms with Gasteiger partial charge in [-0.2, -0.15) is 0 Å². The van der Waals surface area contributed by atoms with Crippen LogP contribution in [-0.4, -0.2) is 40.8 Å². The van der Waals surface area contributed by atoms with Crippen LogP contribution in [0.5, 0.6) is 0 Å². The molecule has 1 unspecified atom stereocenters. The highest BCUT2D eigenvalue weighted by atomic mass is 35.5. The van der Waals surface area contributed by atoms with Gasteiger partial charge in [0.05, 0.1) is 28.8 Å². The Morgan fingerprint density at radius 2 is 2.20 bits per heavy atom. The van der Waals surface area contributed by atoms with E-state index in [-0.39, 0.29) is 11.6 Å². The van der Waals surface area contributed by atoms with Crippen molar-refractivity contribution in [3.63, 3.8) is 0 Å². The Morgan fingerprint density at radius 1 is 1.40 bits per heavy atom. The summed E-state index contributed by atoms with van der Waals surface area (Å²) in [7, 11) is 1.81. The van der Waals surface area contributed by atoms with Gasteiger partial charge in [0.2, 0.25) is 0 Å². The topological polar surface area (TPSA) is 78.1 Å². The first-order valence-electron chi connectivity index (χ1n) is 7.69. The molecule has 8 heteroatoms. The SMILES string of the molecule is CN(Cc1nc2ccsc2c(=O)[nH]1)C(C=O)CNc1ccccc1Cl. The zero-order valence-electron chi connectivity index (χ0n) is 13.5. The minimum absolute atomic E-state index is 0.153. The van der Waals surface area contributed by atoms with Crippen LogP contribution in [0.4, 0.5) is 5.69 Å². The summed E-state index contributed by atoms with van der Waals surface area (Å²) in [6, 6.07) is 8.79. The average Bonchev–Trinajstić information content (AvgIpc) is 3.06. The highest BCUT2D eigenvalue weighted by Crippen LogP contribution is 2.20. The normalized spacial score (nSPS) is 12.4. The molecule has 0 saturated carbocycles. The molecule has 0 fully saturated rings. The molecule has 6 nitrogen and oxygen atoms in total. The summed E-state index contributed by atoms with van der Waals surface area (Å²) in [4.78, 5) is 32.5. The molecular weight excluding hydrogens is 360 g/mol. The summed E-state index contributed by atoms with van der Waals surface area (Å²) < 4.78 is 0.610. The van der Waals surface area contributed by atoms with E-state index >= 15 is 0 Å². The molecule has 0 aliphatic heterocycles. The molecule has 0 spiro atoms. The second kappa shape index (κ2) is 7.77.